The van der Waals surface area contributed by atoms with Gasteiger partial charge in [-0.1, -0.05) is 11.6 Å². The molecule has 2 heterocycles. The highest BCUT2D eigenvalue weighted by atomic mass is 35.5. The van der Waals surface area contributed by atoms with Crippen molar-refractivity contribution >= 4 is 39.8 Å². The lowest BCUT2D eigenvalue weighted by Crippen LogP contribution is -2.15. The van der Waals surface area contributed by atoms with E-state index < -0.39 is 0 Å². The van der Waals surface area contributed by atoms with Gasteiger partial charge in [0.25, 0.3) is 0 Å². The number of carbonyl (C=O) groups is 2. The number of rotatable bonds is 6. The van der Waals surface area contributed by atoms with Gasteiger partial charge in [-0.2, -0.15) is 0 Å². The van der Waals surface area contributed by atoms with Crippen molar-refractivity contribution in [3.8, 4) is 22.8 Å². The highest BCUT2D eigenvalue weighted by molar-refractivity contribution is 7.14. The normalized spacial score (nSPS) is 12.4. The van der Waals surface area contributed by atoms with Crippen molar-refractivity contribution in [2.45, 2.75) is 12.8 Å². The van der Waals surface area contributed by atoms with Gasteiger partial charge in [-0.05, 0) is 42.5 Å². The minimum atomic E-state index is -0.254. The second-order valence-corrected chi connectivity index (χ2v) is 7.67. The molecule has 1 aliphatic heterocycles. The van der Waals surface area contributed by atoms with Crippen molar-refractivity contribution in [1.82, 2.24) is 4.98 Å². The predicted molar refractivity (Wildman–Crippen MR) is 112 cm³/mol. The van der Waals surface area contributed by atoms with Gasteiger partial charge in [0.1, 0.15) is 13.2 Å². The number of nitrogens with one attached hydrogen (secondary N) is 1. The summed E-state index contributed by atoms with van der Waals surface area (Å²) in [4.78, 5) is 28.8. The van der Waals surface area contributed by atoms with Crippen LogP contribution in [0, 0.1) is 0 Å². The van der Waals surface area contributed by atoms with Crippen LogP contribution in [0.1, 0.15) is 23.2 Å². The Morgan fingerprint density at radius 1 is 1.03 bits per heavy atom. The predicted octanol–water partition coefficient (Wildman–Crippen LogP) is 4.84. The summed E-state index contributed by atoms with van der Waals surface area (Å²) in [7, 11) is 0. The van der Waals surface area contributed by atoms with Crippen LogP contribution in [-0.2, 0) is 4.79 Å². The number of anilines is 1. The molecule has 1 amide bonds. The minimum absolute atomic E-state index is 0.0837. The number of amides is 1. The number of hydrogen-bond acceptors (Lipinski definition) is 6. The number of hydrogen-bond donors (Lipinski definition) is 1. The number of Topliss-reactive ketones (excluding diaryl/α,β-unsaturated/α-hetero) is 1. The largest absolute Gasteiger partial charge is 0.486 e. The lowest BCUT2D eigenvalue weighted by Gasteiger charge is -2.18. The molecule has 6 nitrogen and oxygen atoms in total. The van der Waals surface area contributed by atoms with Crippen LogP contribution >= 0.6 is 22.9 Å². The van der Waals surface area contributed by atoms with Crippen LogP contribution in [-0.4, -0.2) is 29.9 Å². The maximum absolute atomic E-state index is 12.2. The molecule has 0 atom stereocenters. The van der Waals surface area contributed by atoms with Crippen molar-refractivity contribution in [3.63, 3.8) is 0 Å². The summed E-state index contributed by atoms with van der Waals surface area (Å²) in [5.41, 5.74) is 2.15. The summed E-state index contributed by atoms with van der Waals surface area (Å²) in [6.07, 6.45) is 0.203. The van der Waals surface area contributed by atoms with Gasteiger partial charge in [-0.3, -0.25) is 9.59 Å². The number of nitrogens with zero attached hydrogens (tertiary/aromatic N) is 1. The van der Waals surface area contributed by atoms with Gasteiger partial charge in [-0.25, -0.2) is 4.98 Å². The van der Waals surface area contributed by atoms with E-state index in [4.69, 9.17) is 21.1 Å². The molecule has 1 aliphatic rings. The summed E-state index contributed by atoms with van der Waals surface area (Å²) in [6.45, 7) is 1.06. The highest BCUT2D eigenvalue weighted by Gasteiger charge is 2.15. The lowest BCUT2D eigenvalue weighted by molar-refractivity contribution is -0.116. The van der Waals surface area contributed by atoms with Crippen LogP contribution in [0.15, 0.2) is 47.8 Å². The molecule has 3 aromatic rings. The third-order valence-electron chi connectivity index (χ3n) is 4.33. The molecule has 0 fully saturated rings. The summed E-state index contributed by atoms with van der Waals surface area (Å²) >= 11 is 7.15. The number of ketones is 1. The fourth-order valence-electron chi connectivity index (χ4n) is 2.86. The average Bonchev–Trinajstić information content (AvgIpc) is 3.20. The molecular weight excluding hydrogens is 412 g/mol. The molecule has 29 heavy (non-hydrogen) atoms. The summed E-state index contributed by atoms with van der Waals surface area (Å²) in [5.74, 6) is 1.05. The number of carbonyl (C=O) groups excluding carboxylic acids is 2. The van der Waals surface area contributed by atoms with E-state index in [-0.39, 0.29) is 24.5 Å². The number of thiazole rings is 1. The first-order valence-corrected chi connectivity index (χ1v) is 10.3. The molecule has 0 aliphatic carbocycles. The van der Waals surface area contributed by atoms with Gasteiger partial charge in [0.2, 0.25) is 5.91 Å². The smallest absolute Gasteiger partial charge is 0.226 e. The Morgan fingerprint density at radius 2 is 1.79 bits per heavy atom. The minimum Gasteiger partial charge on any atom is -0.486 e. The Bertz CT molecular complexity index is 1050. The van der Waals surface area contributed by atoms with Gasteiger partial charge in [-0.15, -0.1) is 11.3 Å². The first kappa shape index (κ1) is 19.4. The number of fused-ring (bicyclic) bond motifs is 1. The molecule has 148 valence electrons. The molecule has 0 radical (unpaired) electrons. The highest BCUT2D eigenvalue weighted by Crippen LogP contribution is 2.35. The van der Waals surface area contributed by atoms with Gasteiger partial charge in [0, 0.05) is 34.4 Å². The van der Waals surface area contributed by atoms with Gasteiger partial charge in [0.15, 0.2) is 22.4 Å². The maximum Gasteiger partial charge on any atom is 0.226 e. The third kappa shape index (κ3) is 4.75. The Morgan fingerprint density at radius 3 is 2.59 bits per heavy atom. The van der Waals surface area contributed by atoms with Crippen molar-refractivity contribution in [3.05, 3.63) is 58.4 Å². The zero-order valence-corrected chi connectivity index (χ0v) is 16.9. The molecule has 4 rings (SSSR count). The van der Waals surface area contributed by atoms with Crippen LogP contribution in [0.5, 0.6) is 11.5 Å². The SMILES string of the molecule is O=C(CCC(=O)c1ccc(Cl)cc1)Nc1nc(-c2ccc3c(c2)OCCO3)cs1. The van der Waals surface area contributed by atoms with Crippen molar-refractivity contribution < 1.29 is 19.1 Å². The van der Waals surface area contributed by atoms with Crippen molar-refractivity contribution in [2.75, 3.05) is 18.5 Å². The van der Waals surface area contributed by atoms with Crippen molar-refractivity contribution in [1.29, 1.82) is 0 Å². The van der Waals surface area contributed by atoms with Gasteiger partial charge in [0.05, 0.1) is 5.69 Å². The van der Waals surface area contributed by atoms with Crippen molar-refractivity contribution in [2.24, 2.45) is 0 Å². The second-order valence-electron chi connectivity index (χ2n) is 6.37. The average molecular weight is 429 g/mol. The molecule has 0 unspecified atom stereocenters. The lowest BCUT2D eigenvalue weighted by atomic mass is 10.1. The quantitative estimate of drug-likeness (QED) is 0.568. The Labute approximate surface area is 176 Å². The zero-order valence-electron chi connectivity index (χ0n) is 15.3. The Kier molecular flexibility index (Phi) is 5.78. The molecule has 8 heteroatoms. The van der Waals surface area contributed by atoms with Gasteiger partial charge < -0.3 is 14.8 Å². The van der Waals surface area contributed by atoms with E-state index in [1.54, 1.807) is 24.3 Å². The molecule has 0 saturated carbocycles. The van der Waals surface area contributed by atoms with Crippen LogP contribution in [0.3, 0.4) is 0 Å². The second kappa shape index (κ2) is 8.63. The van der Waals surface area contributed by atoms with Crippen LogP contribution in [0.2, 0.25) is 5.02 Å². The summed E-state index contributed by atoms with van der Waals surface area (Å²) < 4.78 is 11.1. The van der Waals surface area contributed by atoms with Gasteiger partial charge >= 0.3 is 0 Å². The zero-order chi connectivity index (χ0) is 20.2. The van der Waals surface area contributed by atoms with E-state index in [1.807, 2.05) is 23.6 Å². The number of aromatic nitrogens is 1. The summed E-state index contributed by atoms with van der Waals surface area (Å²) in [5, 5.41) is 5.66. The molecule has 0 bridgehead atoms. The molecule has 0 saturated heterocycles. The van der Waals surface area contributed by atoms with Crippen LogP contribution < -0.4 is 14.8 Å². The first-order chi connectivity index (χ1) is 14.1. The molecule has 1 aromatic heterocycles. The summed E-state index contributed by atoms with van der Waals surface area (Å²) in [6, 6.07) is 12.3. The molecular formula is C21H17ClN2O4S. The number of halogens is 1. The Hall–Kier alpha value is -2.90. The molecule has 1 N–H and O–H groups in total. The van der Waals surface area contributed by atoms with E-state index in [2.05, 4.69) is 10.3 Å². The Balaban J connectivity index is 1.34. The maximum atomic E-state index is 12.2. The fraction of sp³-hybridized carbons (Fsp3) is 0.190. The molecule has 2 aromatic carbocycles. The third-order valence-corrected chi connectivity index (χ3v) is 5.34. The number of ether oxygens (including phenoxy) is 2. The van der Waals surface area contributed by atoms with E-state index in [1.165, 1.54) is 11.3 Å². The number of benzene rings is 2. The fourth-order valence-corrected chi connectivity index (χ4v) is 3.72. The van der Waals surface area contributed by atoms with Crippen LogP contribution in [0.25, 0.3) is 11.3 Å². The standard InChI is InChI=1S/C21H17ClN2O4S/c22-15-4-1-13(2-5-15)17(25)6-8-20(26)24-21-23-16(12-29-21)14-3-7-18-19(11-14)28-10-9-27-18/h1-5,7,11-12H,6,8-10H2,(H,23,24,26). The van der Waals surface area contributed by atoms with E-state index in [0.717, 1.165) is 11.3 Å². The first-order valence-electron chi connectivity index (χ1n) is 9.03. The topological polar surface area (TPSA) is 77.5 Å². The van der Waals surface area contributed by atoms with E-state index in [0.29, 0.717) is 40.4 Å². The van der Waals surface area contributed by atoms with E-state index >= 15 is 0 Å². The van der Waals surface area contributed by atoms with E-state index in [9.17, 15) is 9.59 Å². The van der Waals surface area contributed by atoms with Crippen LogP contribution in [0.4, 0.5) is 5.13 Å². The monoisotopic (exact) mass is 428 g/mol. The molecule has 0 spiro atoms.